The first kappa shape index (κ1) is 15.1. The maximum atomic E-state index is 13.4. The van der Waals surface area contributed by atoms with E-state index in [2.05, 4.69) is 0 Å². The van der Waals surface area contributed by atoms with Gasteiger partial charge in [-0.1, -0.05) is 6.07 Å². The molecule has 1 saturated heterocycles. The Bertz CT molecular complexity index is 552. The van der Waals surface area contributed by atoms with Crippen molar-refractivity contribution in [2.45, 2.75) is 12.8 Å². The average Bonchev–Trinajstić information content (AvgIpc) is 2.43. The summed E-state index contributed by atoms with van der Waals surface area (Å²) in [6, 6.07) is 3.13. The molecule has 1 aromatic carbocycles. The van der Waals surface area contributed by atoms with E-state index in [1.807, 2.05) is 4.72 Å². The fourth-order valence-electron chi connectivity index (χ4n) is 2.12. The standard InChI is InChI=1S/C12H16F2N2O3S/c13-10-2-1-3-11(14)12(10)15-20(18,19)16-6-4-9(8-17)5-7-16/h1-3,9,15,17H,4-8H2. The highest BCUT2D eigenvalue weighted by molar-refractivity contribution is 7.90. The number of benzene rings is 1. The molecule has 1 fully saturated rings. The van der Waals surface area contributed by atoms with Crippen LogP contribution in [0.15, 0.2) is 18.2 Å². The summed E-state index contributed by atoms with van der Waals surface area (Å²) in [6.07, 6.45) is 1.05. The lowest BCUT2D eigenvalue weighted by Gasteiger charge is -2.30. The minimum Gasteiger partial charge on any atom is -0.396 e. The number of aliphatic hydroxyl groups excluding tert-OH is 1. The summed E-state index contributed by atoms with van der Waals surface area (Å²) in [6.45, 7) is 0.455. The fraction of sp³-hybridized carbons (Fsp3) is 0.500. The lowest BCUT2D eigenvalue weighted by Crippen LogP contribution is -2.42. The Morgan fingerprint density at radius 1 is 1.25 bits per heavy atom. The molecule has 2 rings (SSSR count). The number of aliphatic hydroxyl groups is 1. The summed E-state index contributed by atoms with van der Waals surface area (Å²) >= 11 is 0. The molecule has 1 aliphatic heterocycles. The van der Waals surface area contributed by atoms with Gasteiger partial charge in [-0.3, -0.25) is 4.72 Å². The third kappa shape index (κ3) is 3.25. The van der Waals surface area contributed by atoms with E-state index in [0.717, 1.165) is 22.5 Å². The van der Waals surface area contributed by atoms with Gasteiger partial charge in [0.1, 0.15) is 17.3 Å². The van der Waals surface area contributed by atoms with Crippen molar-refractivity contribution in [2.24, 2.45) is 5.92 Å². The van der Waals surface area contributed by atoms with Gasteiger partial charge in [0.15, 0.2) is 0 Å². The number of piperidine rings is 1. The Hall–Kier alpha value is -1.25. The first-order valence-electron chi connectivity index (χ1n) is 6.27. The van der Waals surface area contributed by atoms with Crippen LogP contribution in [0.5, 0.6) is 0 Å². The molecule has 112 valence electrons. The molecular formula is C12H16F2N2O3S. The van der Waals surface area contributed by atoms with Crippen LogP contribution in [-0.4, -0.2) is 37.5 Å². The zero-order valence-electron chi connectivity index (χ0n) is 10.7. The minimum atomic E-state index is -3.99. The number of hydrogen-bond acceptors (Lipinski definition) is 3. The van der Waals surface area contributed by atoms with Crippen LogP contribution in [0.3, 0.4) is 0 Å². The summed E-state index contributed by atoms with van der Waals surface area (Å²) in [5.74, 6) is -1.84. The van der Waals surface area contributed by atoms with Crippen LogP contribution in [0.25, 0.3) is 0 Å². The first-order chi connectivity index (χ1) is 9.44. The summed E-state index contributed by atoms with van der Waals surface area (Å²) < 4.78 is 54.1. The van der Waals surface area contributed by atoms with E-state index >= 15 is 0 Å². The second kappa shape index (κ2) is 6.02. The van der Waals surface area contributed by atoms with E-state index in [-0.39, 0.29) is 25.6 Å². The van der Waals surface area contributed by atoms with E-state index < -0.39 is 27.5 Å². The molecule has 0 unspecified atom stereocenters. The fourth-order valence-corrected chi connectivity index (χ4v) is 3.39. The highest BCUT2D eigenvalue weighted by atomic mass is 32.2. The van der Waals surface area contributed by atoms with Crippen LogP contribution in [0.1, 0.15) is 12.8 Å². The van der Waals surface area contributed by atoms with E-state index in [4.69, 9.17) is 5.11 Å². The van der Waals surface area contributed by atoms with Gasteiger partial charge in [-0.2, -0.15) is 12.7 Å². The molecule has 1 aromatic rings. The quantitative estimate of drug-likeness (QED) is 0.881. The highest BCUT2D eigenvalue weighted by Crippen LogP contribution is 2.23. The number of anilines is 1. The summed E-state index contributed by atoms with van der Waals surface area (Å²) in [5.41, 5.74) is -0.670. The van der Waals surface area contributed by atoms with E-state index in [9.17, 15) is 17.2 Å². The van der Waals surface area contributed by atoms with Crippen molar-refractivity contribution in [3.63, 3.8) is 0 Å². The molecule has 8 heteroatoms. The lowest BCUT2D eigenvalue weighted by molar-refractivity contribution is 0.170. The number of halogens is 2. The zero-order chi connectivity index (χ0) is 14.8. The molecule has 2 N–H and O–H groups in total. The number of nitrogens with one attached hydrogen (secondary N) is 1. The molecule has 5 nitrogen and oxygen atoms in total. The van der Waals surface area contributed by atoms with Gasteiger partial charge in [0.05, 0.1) is 0 Å². The number of para-hydroxylation sites is 1. The van der Waals surface area contributed by atoms with Crippen molar-refractivity contribution < 1.29 is 22.3 Å². The second-order valence-corrected chi connectivity index (χ2v) is 6.40. The Balaban J connectivity index is 2.12. The van der Waals surface area contributed by atoms with E-state index in [1.54, 1.807) is 0 Å². The van der Waals surface area contributed by atoms with E-state index in [0.29, 0.717) is 12.8 Å². The normalized spacial score (nSPS) is 18.1. The average molecular weight is 306 g/mol. The molecule has 1 heterocycles. The van der Waals surface area contributed by atoms with Crippen LogP contribution in [-0.2, 0) is 10.2 Å². The molecule has 0 spiro atoms. The lowest BCUT2D eigenvalue weighted by atomic mass is 10.00. The first-order valence-corrected chi connectivity index (χ1v) is 7.71. The third-order valence-electron chi connectivity index (χ3n) is 3.37. The van der Waals surface area contributed by atoms with Crippen molar-refractivity contribution in [2.75, 3.05) is 24.4 Å². The molecule has 0 bridgehead atoms. The smallest absolute Gasteiger partial charge is 0.301 e. The van der Waals surface area contributed by atoms with Crippen molar-refractivity contribution >= 4 is 15.9 Å². The van der Waals surface area contributed by atoms with Crippen LogP contribution in [0, 0.1) is 17.6 Å². The van der Waals surface area contributed by atoms with Crippen molar-refractivity contribution in [3.05, 3.63) is 29.8 Å². The molecule has 0 atom stereocenters. The Kier molecular flexibility index (Phi) is 4.56. The van der Waals surface area contributed by atoms with Gasteiger partial charge in [-0.15, -0.1) is 0 Å². The van der Waals surface area contributed by atoms with Gasteiger partial charge in [-0.25, -0.2) is 8.78 Å². The molecule has 20 heavy (non-hydrogen) atoms. The van der Waals surface area contributed by atoms with Gasteiger partial charge in [0, 0.05) is 19.7 Å². The Morgan fingerprint density at radius 2 is 1.80 bits per heavy atom. The molecule has 0 aliphatic carbocycles. The maximum Gasteiger partial charge on any atom is 0.301 e. The Morgan fingerprint density at radius 3 is 2.30 bits per heavy atom. The number of nitrogens with zero attached hydrogens (tertiary/aromatic N) is 1. The van der Waals surface area contributed by atoms with Crippen LogP contribution in [0.4, 0.5) is 14.5 Å². The molecule has 0 saturated carbocycles. The van der Waals surface area contributed by atoms with Crippen molar-refractivity contribution in [1.82, 2.24) is 4.31 Å². The van der Waals surface area contributed by atoms with Gasteiger partial charge < -0.3 is 5.11 Å². The predicted molar refractivity (Wildman–Crippen MR) is 70.3 cm³/mol. The second-order valence-electron chi connectivity index (χ2n) is 4.73. The number of hydrogen-bond donors (Lipinski definition) is 2. The monoisotopic (exact) mass is 306 g/mol. The molecule has 0 aromatic heterocycles. The molecule has 1 aliphatic rings. The maximum absolute atomic E-state index is 13.4. The Labute approximate surface area is 116 Å². The summed E-state index contributed by atoms with van der Waals surface area (Å²) in [7, 11) is -3.99. The van der Waals surface area contributed by atoms with E-state index in [1.165, 1.54) is 0 Å². The summed E-state index contributed by atoms with van der Waals surface area (Å²) in [4.78, 5) is 0. The topological polar surface area (TPSA) is 69.6 Å². The van der Waals surface area contributed by atoms with Crippen LogP contribution in [0.2, 0.25) is 0 Å². The molecular weight excluding hydrogens is 290 g/mol. The number of rotatable bonds is 4. The van der Waals surface area contributed by atoms with Crippen molar-refractivity contribution in [3.8, 4) is 0 Å². The van der Waals surface area contributed by atoms with Gasteiger partial charge in [-0.05, 0) is 30.9 Å². The van der Waals surface area contributed by atoms with Gasteiger partial charge in [0.2, 0.25) is 0 Å². The zero-order valence-corrected chi connectivity index (χ0v) is 11.5. The third-order valence-corrected chi connectivity index (χ3v) is 4.87. The van der Waals surface area contributed by atoms with Crippen LogP contribution >= 0.6 is 0 Å². The minimum absolute atomic E-state index is 0.0171. The summed E-state index contributed by atoms with van der Waals surface area (Å²) in [5, 5.41) is 9.01. The van der Waals surface area contributed by atoms with Gasteiger partial charge in [0.25, 0.3) is 0 Å². The highest BCUT2D eigenvalue weighted by Gasteiger charge is 2.29. The molecule has 0 radical (unpaired) electrons. The largest absolute Gasteiger partial charge is 0.396 e. The van der Waals surface area contributed by atoms with Gasteiger partial charge >= 0.3 is 10.2 Å². The SMILES string of the molecule is O=S(=O)(Nc1c(F)cccc1F)N1CCC(CO)CC1. The van der Waals surface area contributed by atoms with Crippen molar-refractivity contribution in [1.29, 1.82) is 0 Å². The predicted octanol–water partition coefficient (Wildman–Crippen LogP) is 1.33. The molecule has 0 amide bonds. The van der Waals surface area contributed by atoms with Crippen LogP contribution < -0.4 is 4.72 Å².